The Hall–Kier alpha value is -2.65. The van der Waals surface area contributed by atoms with E-state index >= 15 is 0 Å². The maximum atomic E-state index is 7.50. The molecule has 0 aromatic heterocycles. The van der Waals surface area contributed by atoms with Crippen molar-refractivity contribution in [3.8, 4) is 0 Å². The number of allylic oxidation sites excluding steroid dienone is 1. The molecular weight excluding hydrogens is 426 g/mol. The molecule has 0 aliphatic heterocycles. The average molecular weight is 450 g/mol. The summed E-state index contributed by atoms with van der Waals surface area (Å²) in [5, 5.41) is 4.19. The summed E-state index contributed by atoms with van der Waals surface area (Å²) in [5.41, 5.74) is 0. The quantitative estimate of drug-likeness (QED) is 0.174. The minimum absolute atomic E-state index is 0.446. The maximum Gasteiger partial charge on any atom is -0.0134 e. The Labute approximate surface area is 189 Å². The van der Waals surface area contributed by atoms with Crippen molar-refractivity contribution >= 4 is 28.4 Å². The summed E-state index contributed by atoms with van der Waals surface area (Å²) in [5.74, 6) is 0. The van der Waals surface area contributed by atoms with Gasteiger partial charge in [0, 0.05) is 0 Å². The van der Waals surface area contributed by atoms with Crippen LogP contribution in [0.1, 0.15) is 6.92 Å². The molecular formula is C27H24MnOP-. The summed E-state index contributed by atoms with van der Waals surface area (Å²) in [6.07, 6.45) is 1.79. The molecule has 0 N–H and O–H groups in total. The minimum Gasteiger partial charge on any atom is -0.214 e. The van der Waals surface area contributed by atoms with Gasteiger partial charge in [-0.2, -0.15) is 18.2 Å². The van der Waals surface area contributed by atoms with Crippen LogP contribution >= 0.6 is 7.92 Å². The van der Waals surface area contributed by atoms with Crippen molar-refractivity contribution in [3.05, 3.63) is 134 Å². The third-order valence-electron chi connectivity index (χ3n) is 3.71. The van der Waals surface area contributed by atoms with Gasteiger partial charge in [0.15, 0.2) is 0 Å². The Bertz CT molecular complexity index is 847. The molecule has 0 atom stereocenters. The van der Waals surface area contributed by atoms with Crippen molar-refractivity contribution < 1.29 is 20.2 Å². The van der Waals surface area contributed by atoms with Gasteiger partial charge in [-0.15, -0.1) is 0 Å². The molecule has 0 saturated carbocycles. The number of benzene rings is 3. The maximum absolute atomic E-state index is 7.50. The molecule has 0 amide bonds. The first kappa shape index (κ1) is 25.4. The molecule has 4 rings (SSSR count). The zero-order valence-corrected chi connectivity index (χ0v) is 18.9. The van der Waals surface area contributed by atoms with E-state index < -0.39 is 7.92 Å². The SMILES string of the molecule is CC=[C]=[Mn].[C-]#[O+].c1cc[cH-]c1.c1ccc(P(c2ccccc2)c2ccccc2)cc1. The largest absolute Gasteiger partial charge is 0.214 e. The Morgan fingerprint density at radius 1 is 0.700 bits per heavy atom. The molecule has 0 aliphatic carbocycles. The van der Waals surface area contributed by atoms with E-state index in [0.717, 1.165) is 0 Å². The van der Waals surface area contributed by atoms with Gasteiger partial charge in [-0.1, -0.05) is 91.0 Å². The third-order valence-corrected chi connectivity index (χ3v) is 6.49. The van der Waals surface area contributed by atoms with Crippen molar-refractivity contribution in [2.45, 2.75) is 6.92 Å². The van der Waals surface area contributed by atoms with Crippen LogP contribution in [-0.4, -0.2) is 4.58 Å². The van der Waals surface area contributed by atoms with Crippen LogP contribution in [0.25, 0.3) is 0 Å². The summed E-state index contributed by atoms with van der Waals surface area (Å²) in [7, 11) is -0.446. The number of hydrogen-bond donors (Lipinski definition) is 0. The van der Waals surface area contributed by atoms with Gasteiger partial charge < -0.3 is 0 Å². The van der Waals surface area contributed by atoms with Crippen molar-refractivity contribution in [2.24, 2.45) is 0 Å². The zero-order valence-electron chi connectivity index (χ0n) is 16.9. The van der Waals surface area contributed by atoms with Gasteiger partial charge >= 0.3 is 44.5 Å². The van der Waals surface area contributed by atoms with Gasteiger partial charge in [0.05, 0.1) is 0 Å². The molecule has 4 aromatic rings. The molecule has 0 heterocycles. The van der Waals surface area contributed by atoms with E-state index in [0.29, 0.717) is 0 Å². The first-order valence-corrected chi connectivity index (χ1v) is 11.3. The molecule has 1 nitrogen and oxygen atoms in total. The van der Waals surface area contributed by atoms with Crippen LogP contribution in [0, 0.1) is 6.65 Å². The van der Waals surface area contributed by atoms with Gasteiger partial charge in [-0.3, -0.25) is 0 Å². The van der Waals surface area contributed by atoms with Crippen LogP contribution < -0.4 is 15.9 Å². The fourth-order valence-corrected chi connectivity index (χ4v) is 4.80. The van der Waals surface area contributed by atoms with Crippen molar-refractivity contribution in [1.29, 1.82) is 0 Å². The van der Waals surface area contributed by atoms with E-state index in [1.807, 2.05) is 37.3 Å². The minimum atomic E-state index is -0.446. The van der Waals surface area contributed by atoms with Crippen molar-refractivity contribution in [3.63, 3.8) is 0 Å². The fraction of sp³-hybridized carbons (Fsp3) is 0.0370. The molecule has 0 saturated heterocycles. The van der Waals surface area contributed by atoms with E-state index in [-0.39, 0.29) is 0 Å². The third kappa shape index (κ3) is 9.71. The predicted molar refractivity (Wildman–Crippen MR) is 126 cm³/mol. The Kier molecular flexibility index (Phi) is 14.6. The molecule has 0 radical (unpaired) electrons. The van der Waals surface area contributed by atoms with E-state index in [1.165, 1.54) is 15.9 Å². The van der Waals surface area contributed by atoms with E-state index in [9.17, 15) is 0 Å². The Morgan fingerprint density at radius 2 is 1.00 bits per heavy atom. The monoisotopic (exact) mass is 450 g/mol. The van der Waals surface area contributed by atoms with Crippen LogP contribution in [0.4, 0.5) is 0 Å². The molecule has 151 valence electrons. The summed E-state index contributed by atoms with van der Waals surface area (Å²) < 4.78 is 10.1. The standard InChI is InChI=1S/C18H15P.C5H5.C3H4.CO.Mn/c1-4-10-16(11-5-1)19(17-12-6-2-7-13-17)18-14-8-3-9-15-18;1-2-4-5-3-1;1-3-2;1-2;/h1-15H;1-5H;3H,1H3;;/q;-1;;;. The van der Waals surface area contributed by atoms with Crippen LogP contribution in [0.2, 0.25) is 0 Å². The summed E-state index contributed by atoms with van der Waals surface area (Å²) in [6, 6.07) is 42.3. The summed E-state index contributed by atoms with van der Waals surface area (Å²) >= 11 is 2.94. The van der Waals surface area contributed by atoms with Gasteiger partial charge in [-0.05, 0) is 23.8 Å². The molecule has 0 fully saturated rings. The van der Waals surface area contributed by atoms with Crippen LogP contribution in [0.5, 0.6) is 0 Å². The topological polar surface area (TPSA) is 19.9 Å². The molecule has 0 aliphatic rings. The van der Waals surface area contributed by atoms with Gasteiger partial charge in [0.25, 0.3) is 0 Å². The van der Waals surface area contributed by atoms with Crippen LogP contribution in [-0.2, 0) is 20.2 Å². The summed E-state index contributed by atoms with van der Waals surface area (Å²) in [6.45, 7) is 6.40. The Balaban J connectivity index is 0.000000339. The first-order chi connectivity index (χ1) is 14.9. The fourth-order valence-electron chi connectivity index (χ4n) is 2.50. The number of hydrogen-bond acceptors (Lipinski definition) is 0. The normalized spacial score (nSPS) is 8.67. The molecule has 4 aromatic carbocycles. The molecule has 3 heteroatoms. The second-order valence-electron chi connectivity index (χ2n) is 5.70. The Morgan fingerprint density at radius 3 is 1.20 bits per heavy atom. The predicted octanol–water partition coefficient (Wildman–Crippen LogP) is 5.32. The molecule has 0 spiro atoms. The van der Waals surface area contributed by atoms with Crippen molar-refractivity contribution in [1.82, 2.24) is 0 Å². The van der Waals surface area contributed by atoms with Crippen LogP contribution in [0.3, 0.4) is 0 Å². The zero-order chi connectivity index (χ0) is 21.9. The van der Waals surface area contributed by atoms with Crippen LogP contribution in [0.15, 0.2) is 127 Å². The second kappa shape index (κ2) is 17.2. The van der Waals surface area contributed by atoms with Gasteiger partial charge in [-0.25, -0.2) is 12.1 Å². The molecule has 30 heavy (non-hydrogen) atoms. The molecule has 0 unspecified atom stereocenters. The van der Waals surface area contributed by atoms with Gasteiger partial charge in [0.1, 0.15) is 0 Å². The number of rotatable bonds is 3. The first-order valence-electron chi connectivity index (χ1n) is 9.33. The smallest absolute Gasteiger partial charge is 0.0134 e. The second-order valence-corrected chi connectivity index (χ2v) is 8.26. The van der Waals surface area contributed by atoms with E-state index in [4.69, 9.17) is 4.65 Å². The average Bonchev–Trinajstić information content (AvgIpc) is 3.43. The van der Waals surface area contributed by atoms with Crippen molar-refractivity contribution in [2.75, 3.05) is 0 Å². The van der Waals surface area contributed by atoms with E-state index in [2.05, 4.69) is 118 Å². The van der Waals surface area contributed by atoms with E-state index in [1.54, 1.807) is 6.08 Å². The van der Waals surface area contributed by atoms with Gasteiger partial charge in [0.2, 0.25) is 0 Å². The molecule has 0 bridgehead atoms. The summed E-state index contributed by atoms with van der Waals surface area (Å²) in [4.78, 5) is 0.